The molecule has 0 saturated heterocycles. The molecule has 0 fully saturated rings. The van der Waals surface area contributed by atoms with Gasteiger partial charge in [-0.1, -0.05) is 24.3 Å². The molecule has 0 bridgehead atoms. The monoisotopic (exact) mass is 234 g/mol. The lowest BCUT2D eigenvalue weighted by Crippen LogP contribution is -2.44. The third-order valence-electron chi connectivity index (χ3n) is 3.60. The van der Waals surface area contributed by atoms with Crippen molar-refractivity contribution in [2.45, 2.75) is 18.9 Å². The highest BCUT2D eigenvalue weighted by atomic mass is 16.5. The SMILES string of the molecule is COCC(CN)N1CCc2ccccc2CC1. The number of hydrogen-bond acceptors (Lipinski definition) is 3. The fraction of sp³-hybridized carbons (Fsp3) is 0.571. The highest BCUT2D eigenvalue weighted by Crippen LogP contribution is 2.16. The van der Waals surface area contributed by atoms with Crippen molar-refractivity contribution < 1.29 is 4.74 Å². The molecule has 0 radical (unpaired) electrons. The van der Waals surface area contributed by atoms with Gasteiger partial charge in [0.05, 0.1) is 6.61 Å². The summed E-state index contributed by atoms with van der Waals surface area (Å²) in [6, 6.07) is 9.10. The van der Waals surface area contributed by atoms with Crippen LogP contribution in [-0.2, 0) is 17.6 Å². The van der Waals surface area contributed by atoms with Gasteiger partial charge in [-0.05, 0) is 24.0 Å². The Hall–Kier alpha value is -0.900. The molecule has 0 aromatic heterocycles. The number of methoxy groups -OCH3 is 1. The number of ether oxygens (including phenoxy) is 1. The van der Waals surface area contributed by atoms with Gasteiger partial charge < -0.3 is 10.5 Å². The lowest BCUT2D eigenvalue weighted by Gasteiger charge is -2.28. The standard InChI is InChI=1S/C14H22N2O/c1-17-11-14(10-15)16-8-6-12-4-2-3-5-13(12)7-9-16/h2-5,14H,6-11,15H2,1H3. The Kier molecular flexibility index (Phi) is 4.54. The molecule has 17 heavy (non-hydrogen) atoms. The fourth-order valence-corrected chi connectivity index (χ4v) is 2.57. The topological polar surface area (TPSA) is 38.5 Å². The highest BCUT2D eigenvalue weighted by Gasteiger charge is 2.20. The largest absolute Gasteiger partial charge is 0.383 e. The number of rotatable bonds is 4. The molecule has 1 atom stereocenters. The molecule has 94 valence electrons. The molecule has 2 rings (SSSR count). The smallest absolute Gasteiger partial charge is 0.0630 e. The molecule has 3 heteroatoms. The molecule has 1 heterocycles. The molecular weight excluding hydrogens is 212 g/mol. The molecule has 0 amide bonds. The van der Waals surface area contributed by atoms with E-state index in [1.54, 1.807) is 7.11 Å². The summed E-state index contributed by atoms with van der Waals surface area (Å²) in [6.07, 6.45) is 2.24. The summed E-state index contributed by atoms with van der Waals surface area (Å²) in [4.78, 5) is 2.46. The first-order valence-electron chi connectivity index (χ1n) is 6.35. The fourth-order valence-electron chi connectivity index (χ4n) is 2.57. The summed E-state index contributed by atoms with van der Waals surface area (Å²) in [5.74, 6) is 0. The Balaban J connectivity index is 2.03. The van der Waals surface area contributed by atoms with Crippen molar-refractivity contribution in [1.29, 1.82) is 0 Å². The van der Waals surface area contributed by atoms with Crippen LogP contribution in [0.4, 0.5) is 0 Å². The first-order valence-corrected chi connectivity index (χ1v) is 6.35. The Labute approximate surface area is 104 Å². The minimum atomic E-state index is 0.356. The maximum absolute atomic E-state index is 5.82. The van der Waals surface area contributed by atoms with E-state index in [1.807, 2.05) is 0 Å². The van der Waals surface area contributed by atoms with E-state index in [-0.39, 0.29) is 0 Å². The van der Waals surface area contributed by atoms with Gasteiger partial charge in [0.25, 0.3) is 0 Å². The van der Waals surface area contributed by atoms with Crippen molar-refractivity contribution in [3.05, 3.63) is 35.4 Å². The van der Waals surface area contributed by atoms with Crippen molar-refractivity contribution in [2.24, 2.45) is 5.73 Å². The van der Waals surface area contributed by atoms with Gasteiger partial charge in [0, 0.05) is 32.8 Å². The van der Waals surface area contributed by atoms with Crippen LogP contribution in [0.1, 0.15) is 11.1 Å². The van der Waals surface area contributed by atoms with Crippen LogP contribution in [0.2, 0.25) is 0 Å². The molecule has 0 spiro atoms. The predicted molar refractivity (Wildman–Crippen MR) is 70.1 cm³/mol. The maximum atomic E-state index is 5.82. The van der Waals surface area contributed by atoms with Crippen molar-refractivity contribution in [3.63, 3.8) is 0 Å². The van der Waals surface area contributed by atoms with Gasteiger partial charge in [-0.2, -0.15) is 0 Å². The minimum Gasteiger partial charge on any atom is -0.383 e. The van der Waals surface area contributed by atoms with Crippen LogP contribution < -0.4 is 5.73 Å². The van der Waals surface area contributed by atoms with Gasteiger partial charge in [-0.3, -0.25) is 4.90 Å². The molecule has 0 aliphatic carbocycles. The van der Waals surface area contributed by atoms with E-state index in [2.05, 4.69) is 29.2 Å². The summed E-state index contributed by atoms with van der Waals surface area (Å²) in [5, 5.41) is 0. The third-order valence-corrected chi connectivity index (χ3v) is 3.60. The average Bonchev–Trinajstić information content (AvgIpc) is 2.58. The minimum absolute atomic E-state index is 0.356. The maximum Gasteiger partial charge on any atom is 0.0630 e. The second kappa shape index (κ2) is 6.15. The van der Waals surface area contributed by atoms with Crippen LogP contribution in [0.15, 0.2) is 24.3 Å². The van der Waals surface area contributed by atoms with Crippen LogP contribution in [0.25, 0.3) is 0 Å². The van der Waals surface area contributed by atoms with Gasteiger partial charge in [0.15, 0.2) is 0 Å². The van der Waals surface area contributed by atoms with E-state index in [4.69, 9.17) is 10.5 Å². The van der Waals surface area contributed by atoms with E-state index in [9.17, 15) is 0 Å². The third kappa shape index (κ3) is 3.06. The van der Waals surface area contributed by atoms with Crippen molar-refractivity contribution in [1.82, 2.24) is 4.90 Å². The number of nitrogens with two attached hydrogens (primary N) is 1. The quantitative estimate of drug-likeness (QED) is 0.846. The van der Waals surface area contributed by atoms with E-state index >= 15 is 0 Å². The number of nitrogens with zero attached hydrogens (tertiary/aromatic N) is 1. The van der Waals surface area contributed by atoms with E-state index in [0.29, 0.717) is 12.6 Å². The first-order chi connectivity index (χ1) is 8.35. The lowest BCUT2D eigenvalue weighted by atomic mass is 10.0. The van der Waals surface area contributed by atoms with Gasteiger partial charge in [-0.15, -0.1) is 0 Å². The Morgan fingerprint density at radius 3 is 2.29 bits per heavy atom. The zero-order chi connectivity index (χ0) is 12.1. The van der Waals surface area contributed by atoms with Gasteiger partial charge in [0.2, 0.25) is 0 Å². The van der Waals surface area contributed by atoms with Gasteiger partial charge in [-0.25, -0.2) is 0 Å². The summed E-state index contributed by atoms with van der Waals surface area (Å²) in [6.45, 7) is 3.57. The van der Waals surface area contributed by atoms with Gasteiger partial charge >= 0.3 is 0 Å². The van der Waals surface area contributed by atoms with E-state index < -0.39 is 0 Å². The van der Waals surface area contributed by atoms with Crippen LogP contribution >= 0.6 is 0 Å². The van der Waals surface area contributed by atoms with Crippen LogP contribution in [0, 0.1) is 0 Å². The summed E-state index contributed by atoms with van der Waals surface area (Å²) in [5.41, 5.74) is 8.80. The Bertz CT molecular complexity index is 327. The van der Waals surface area contributed by atoms with Crippen molar-refractivity contribution >= 4 is 0 Å². The molecule has 1 aliphatic heterocycles. The second-order valence-corrected chi connectivity index (χ2v) is 4.65. The zero-order valence-corrected chi connectivity index (χ0v) is 10.6. The predicted octanol–water partition coefficient (Wildman–Crippen LogP) is 1.06. The van der Waals surface area contributed by atoms with Crippen LogP contribution in [0.3, 0.4) is 0 Å². The number of hydrogen-bond donors (Lipinski definition) is 1. The van der Waals surface area contributed by atoms with Crippen LogP contribution in [-0.4, -0.2) is 44.3 Å². The van der Waals surface area contributed by atoms with E-state index in [0.717, 1.165) is 32.5 Å². The Morgan fingerprint density at radius 2 is 1.82 bits per heavy atom. The van der Waals surface area contributed by atoms with Crippen molar-refractivity contribution in [3.8, 4) is 0 Å². The van der Waals surface area contributed by atoms with E-state index in [1.165, 1.54) is 11.1 Å². The Morgan fingerprint density at radius 1 is 1.24 bits per heavy atom. The summed E-state index contributed by atoms with van der Waals surface area (Å²) >= 11 is 0. The molecule has 0 saturated carbocycles. The number of benzene rings is 1. The molecule has 1 aromatic carbocycles. The zero-order valence-electron chi connectivity index (χ0n) is 10.6. The molecule has 3 nitrogen and oxygen atoms in total. The first kappa shape index (κ1) is 12.6. The molecule has 1 unspecified atom stereocenters. The van der Waals surface area contributed by atoms with Gasteiger partial charge in [0.1, 0.15) is 0 Å². The second-order valence-electron chi connectivity index (χ2n) is 4.65. The molecule has 1 aliphatic rings. The normalized spacial score (nSPS) is 18.5. The van der Waals surface area contributed by atoms with Crippen molar-refractivity contribution in [2.75, 3.05) is 33.4 Å². The number of fused-ring (bicyclic) bond motifs is 1. The molecule has 2 N–H and O–H groups in total. The average molecular weight is 234 g/mol. The molecular formula is C14H22N2O. The highest BCUT2D eigenvalue weighted by molar-refractivity contribution is 5.28. The van der Waals surface area contributed by atoms with Crippen LogP contribution in [0.5, 0.6) is 0 Å². The lowest BCUT2D eigenvalue weighted by molar-refractivity contribution is 0.0967. The summed E-state index contributed by atoms with van der Waals surface area (Å²) in [7, 11) is 1.75. The summed E-state index contributed by atoms with van der Waals surface area (Å²) < 4.78 is 5.24. The molecule has 1 aromatic rings.